The first kappa shape index (κ1) is 26.3. The van der Waals surface area contributed by atoms with Crippen LogP contribution in [0.5, 0.6) is 17.2 Å². The van der Waals surface area contributed by atoms with Gasteiger partial charge in [0.05, 0.1) is 31.3 Å². The van der Waals surface area contributed by atoms with Gasteiger partial charge in [-0.3, -0.25) is 4.79 Å². The summed E-state index contributed by atoms with van der Waals surface area (Å²) in [6.07, 6.45) is 2.50. The molecule has 1 unspecified atom stereocenters. The summed E-state index contributed by atoms with van der Waals surface area (Å²) >= 11 is 0. The fourth-order valence-electron chi connectivity index (χ4n) is 4.89. The number of nitrogens with two attached hydrogens (primary N) is 1. The Hall–Kier alpha value is -4.93. The second-order valence-corrected chi connectivity index (χ2v) is 9.90. The lowest BCUT2D eigenvalue weighted by Crippen LogP contribution is -2.30. The lowest BCUT2D eigenvalue weighted by atomic mass is 10.1. The Morgan fingerprint density at radius 3 is 2.71 bits per heavy atom. The van der Waals surface area contributed by atoms with Crippen LogP contribution in [0.15, 0.2) is 60.9 Å². The summed E-state index contributed by atoms with van der Waals surface area (Å²) in [6, 6.07) is 16.1. The Kier molecular flexibility index (Phi) is 7.00. The van der Waals surface area contributed by atoms with Crippen LogP contribution in [-0.4, -0.2) is 50.0 Å². The molecule has 210 valence electrons. The Bertz CT molecular complexity index is 1730. The zero-order valence-corrected chi connectivity index (χ0v) is 22.7. The SMILES string of the molecule is COc1ccc(Cn2cnc(-c3ccc(-c4nc5cc(OC(C)C(N)=O)cc6c5n4CCCCO6)cc3F)n2)cc1. The van der Waals surface area contributed by atoms with E-state index >= 15 is 4.39 Å². The van der Waals surface area contributed by atoms with Gasteiger partial charge >= 0.3 is 0 Å². The maximum absolute atomic E-state index is 15.5. The van der Waals surface area contributed by atoms with Gasteiger partial charge in [0.25, 0.3) is 5.91 Å². The van der Waals surface area contributed by atoms with Crippen LogP contribution < -0.4 is 19.9 Å². The van der Waals surface area contributed by atoms with Gasteiger partial charge in [0.15, 0.2) is 11.9 Å². The van der Waals surface area contributed by atoms with Crippen LogP contribution in [0.4, 0.5) is 4.39 Å². The molecule has 3 aromatic carbocycles. The van der Waals surface area contributed by atoms with Gasteiger partial charge in [0.2, 0.25) is 0 Å². The number of methoxy groups -OCH3 is 1. The Balaban J connectivity index is 1.32. The van der Waals surface area contributed by atoms with E-state index in [4.69, 9.17) is 24.9 Å². The standard InChI is InChI=1S/C30H29FN6O4/c1-18(28(32)38)41-22-14-25-27-26(15-22)40-12-4-3-11-37(27)30(34-25)20-7-10-23(24(31)13-20)29-33-17-36(35-29)16-19-5-8-21(39-2)9-6-19/h5-10,13-15,17-18H,3-4,11-12,16H2,1-2H3,(H2,32,38). The summed E-state index contributed by atoms with van der Waals surface area (Å²) in [6.45, 7) is 3.32. The smallest absolute Gasteiger partial charge is 0.258 e. The molecule has 0 saturated heterocycles. The number of primary amides is 1. The molecule has 0 radical (unpaired) electrons. The molecule has 41 heavy (non-hydrogen) atoms. The fourth-order valence-corrected chi connectivity index (χ4v) is 4.89. The number of aromatic nitrogens is 5. The number of halogens is 1. The van der Waals surface area contributed by atoms with Crippen LogP contribution in [0.2, 0.25) is 0 Å². The number of amides is 1. The number of benzene rings is 3. The average Bonchev–Trinajstić information content (AvgIpc) is 3.56. The van der Waals surface area contributed by atoms with Gasteiger partial charge in [-0.1, -0.05) is 18.2 Å². The van der Waals surface area contributed by atoms with Crippen molar-refractivity contribution in [2.75, 3.05) is 13.7 Å². The van der Waals surface area contributed by atoms with Gasteiger partial charge in [-0.25, -0.2) is 19.0 Å². The fraction of sp³-hybridized carbons (Fsp3) is 0.267. The predicted octanol–water partition coefficient (Wildman–Crippen LogP) is 4.58. The van der Waals surface area contributed by atoms with Gasteiger partial charge in [0.1, 0.15) is 40.7 Å². The maximum Gasteiger partial charge on any atom is 0.258 e. The molecule has 2 aromatic heterocycles. The third kappa shape index (κ3) is 5.30. The average molecular weight is 557 g/mol. The third-order valence-electron chi connectivity index (χ3n) is 7.04. The molecule has 0 saturated carbocycles. The molecule has 2 N–H and O–H groups in total. The number of aryl methyl sites for hydroxylation is 1. The van der Waals surface area contributed by atoms with Gasteiger partial charge in [-0.2, -0.15) is 5.10 Å². The van der Waals surface area contributed by atoms with Crippen LogP contribution in [0.1, 0.15) is 25.3 Å². The van der Waals surface area contributed by atoms with E-state index in [1.54, 1.807) is 43.2 Å². The molecule has 10 nitrogen and oxygen atoms in total. The third-order valence-corrected chi connectivity index (χ3v) is 7.04. The summed E-state index contributed by atoms with van der Waals surface area (Å²) in [7, 11) is 1.62. The number of rotatable bonds is 8. The number of carbonyl (C=O) groups excluding carboxylic acids is 1. The highest BCUT2D eigenvalue weighted by molar-refractivity contribution is 5.88. The summed E-state index contributed by atoms with van der Waals surface area (Å²) in [4.78, 5) is 20.7. The number of hydrogen-bond donors (Lipinski definition) is 1. The minimum Gasteiger partial charge on any atom is -0.497 e. The number of ether oxygens (including phenoxy) is 3. The van der Waals surface area contributed by atoms with E-state index in [0.717, 1.165) is 29.7 Å². The van der Waals surface area contributed by atoms with E-state index in [2.05, 4.69) is 10.1 Å². The zero-order valence-electron chi connectivity index (χ0n) is 22.7. The molecule has 0 bridgehead atoms. The van der Waals surface area contributed by atoms with E-state index in [0.29, 0.717) is 59.5 Å². The van der Waals surface area contributed by atoms with Crippen molar-refractivity contribution in [1.82, 2.24) is 24.3 Å². The van der Waals surface area contributed by atoms with Crippen LogP contribution in [-0.2, 0) is 17.9 Å². The molecule has 1 amide bonds. The van der Waals surface area contributed by atoms with Gasteiger partial charge in [0, 0.05) is 24.2 Å². The van der Waals surface area contributed by atoms with Gasteiger partial charge in [-0.05, 0) is 49.6 Å². The topological polar surface area (TPSA) is 119 Å². The highest BCUT2D eigenvalue weighted by Gasteiger charge is 2.22. The quantitative estimate of drug-likeness (QED) is 0.297. The van der Waals surface area contributed by atoms with Crippen molar-refractivity contribution in [3.05, 3.63) is 72.3 Å². The Morgan fingerprint density at radius 1 is 1.12 bits per heavy atom. The summed E-state index contributed by atoms with van der Waals surface area (Å²) < 4.78 is 36.2. The van der Waals surface area contributed by atoms with Crippen LogP contribution in [0.25, 0.3) is 33.8 Å². The summed E-state index contributed by atoms with van der Waals surface area (Å²) in [5, 5.41) is 4.49. The monoisotopic (exact) mass is 556 g/mol. The van der Waals surface area contributed by atoms with Crippen molar-refractivity contribution < 1.29 is 23.4 Å². The molecule has 1 aliphatic rings. The van der Waals surface area contributed by atoms with E-state index < -0.39 is 17.8 Å². The first-order chi connectivity index (χ1) is 19.9. The molecule has 1 aliphatic heterocycles. The minimum absolute atomic E-state index is 0.297. The number of hydrogen-bond acceptors (Lipinski definition) is 7. The summed E-state index contributed by atoms with van der Waals surface area (Å²) in [5.74, 6) is 1.67. The molecular weight excluding hydrogens is 527 g/mol. The molecule has 5 aromatic rings. The first-order valence-electron chi connectivity index (χ1n) is 13.4. The zero-order chi connectivity index (χ0) is 28.5. The number of nitrogens with zero attached hydrogens (tertiary/aromatic N) is 5. The van der Waals surface area contributed by atoms with Crippen molar-refractivity contribution in [3.8, 4) is 40.0 Å². The van der Waals surface area contributed by atoms with Crippen molar-refractivity contribution in [1.29, 1.82) is 0 Å². The summed E-state index contributed by atoms with van der Waals surface area (Å²) in [5.41, 5.74) is 8.72. The number of carbonyl (C=O) groups is 1. The molecule has 11 heteroatoms. The molecule has 0 fully saturated rings. The lowest BCUT2D eigenvalue weighted by molar-refractivity contribution is -0.123. The van der Waals surface area contributed by atoms with Gasteiger partial charge in [-0.15, -0.1) is 0 Å². The highest BCUT2D eigenvalue weighted by atomic mass is 19.1. The van der Waals surface area contributed by atoms with Gasteiger partial charge < -0.3 is 24.5 Å². The normalized spacial score (nSPS) is 13.7. The molecule has 0 spiro atoms. The Labute approximate surface area is 235 Å². The largest absolute Gasteiger partial charge is 0.497 e. The van der Waals surface area contributed by atoms with Crippen LogP contribution >= 0.6 is 0 Å². The second-order valence-electron chi connectivity index (χ2n) is 9.90. The Morgan fingerprint density at radius 2 is 1.95 bits per heavy atom. The van der Waals surface area contributed by atoms with E-state index in [1.807, 2.05) is 34.9 Å². The van der Waals surface area contributed by atoms with Crippen molar-refractivity contribution >= 4 is 16.9 Å². The van der Waals surface area contributed by atoms with Crippen LogP contribution in [0.3, 0.4) is 0 Å². The highest BCUT2D eigenvalue weighted by Crippen LogP contribution is 2.37. The maximum atomic E-state index is 15.5. The molecule has 6 rings (SSSR count). The number of imidazole rings is 1. The van der Waals surface area contributed by atoms with Crippen molar-refractivity contribution in [3.63, 3.8) is 0 Å². The molecule has 3 heterocycles. The van der Waals surface area contributed by atoms with E-state index in [9.17, 15) is 4.79 Å². The van der Waals surface area contributed by atoms with Crippen molar-refractivity contribution in [2.45, 2.75) is 39.0 Å². The second kappa shape index (κ2) is 10.9. The molecular formula is C30H29FN6O4. The minimum atomic E-state index is -0.815. The molecule has 0 aliphatic carbocycles. The van der Waals surface area contributed by atoms with E-state index in [-0.39, 0.29) is 0 Å². The lowest BCUT2D eigenvalue weighted by Gasteiger charge is -2.18. The first-order valence-corrected chi connectivity index (χ1v) is 13.4. The van der Waals surface area contributed by atoms with Crippen LogP contribution in [0, 0.1) is 5.82 Å². The predicted molar refractivity (Wildman–Crippen MR) is 150 cm³/mol. The van der Waals surface area contributed by atoms with Crippen molar-refractivity contribution in [2.24, 2.45) is 5.73 Å². The van der Waals surface area contributed by atoms with E-state index in [1.165, 1.54) is 6.07 Å². The molecule has 1 atom stereocenters.